The van der Waals surface area contributed by atoms with Gasteiger partial charge in [0.15, 0.2) is 6.23 Å². The topological polar surface area (TPSA) is 110 Å². The van der Waals surface area contributed by atoms with E-state index >= 15 is 0 Å². The van der Waals surface area contributed by atoms with Crippen LogP contribution in [0.3, 0.4) is 0 Å². The van der Waals surface area contributed by atoms with E-state index in [2.05, 4.69) is 15.4 Å². The number of rotatable bonds is 2. The maximum atomic E-state index is 13.1. The molecule has 4 rings (SSSR count). The monoisotopic (exact) mass is 470 g/mol. The lowest BCUT2D eigenvalue weighted by atomic mass is 9.92. The predicted molar refractivity (Wildman–Crippen MR) is 127 cm³/mol. The second-order valence-corrected chi connectivity index (χ2v) is 10.4. The number of amides is 3. The Morgan fingerprint density at radius 3 is 2.41 bits per heavy atom. The molecule has 2 aliphatic rings. The van der Waals surface area contributed by atoms with Crippen LogP contribution in [0.25, 0.3) is 10.9 Å². The van der Waals surface area contributed by atoms with Gasteiger partial charge in [0.05, 0.1) is 23.6 Å². The Morgan fingerprint density at radius 2 is 1.74 bits per heavy atom. The molecular weight excluding hydrogens is 436 g/mol. The van der Waals surface area contributed by atoms with Crippen LogP contribution in [0.1, 0.15) is 60.1 Å². The standard InChI is InChI=1S/C24H34N6O4/c1-15-14-29(23(33)24(3,4)5)16(2)13-28(15)22(32)21(31)27-18-12-25-10-17-11-26-30(20(17)18)19-8-6-7-9-34-19/h10-12,15-16,19H,6-9,13-14H2,1-5H3,(H,27,31)/t15-,16+,19?/m0/s1. The van der Waals surface area contributed by atoms with Crippen LogP contribution in [-0.4, -0.2) is 74.1 Å². The van der Waals surface area contributed by atoms with E-state index < -0.39 is 17.2 Å². The molecule has 2 saturated heterocycles. The number of aromatic nitrogens is 3. The van der Waals surface area contributed by atoms with Crippen molar-refractivity contribution >= 4 is 34.3 Å². The fraction of sp³-hybridized carbons (Fsp3) is 0.625. The van der Waals surface area contributed by atoms with E-state index in [1.165, 1.54) is 6.20 Å². The van der Waals surface area contributed by atoms with E-state index in [-0.39, 0.29) is 24.2 Å². The number of nitrogens with one attached hydrogen (secondary N) is 1. The Bertz CT molecular complexity index is 1080. The van der Waals surface area contributed by atoms with Gasteiger partial charge in [-0.3, -0.25) is 19.4 Å². The highest BCUT2D eigenvalue weighted by atomic mass is 16.5. The summed E-state index contributed by atoms with van der Waals surface area (Å²) in [6.45, 7) is 10.8. The average molecular weight is 471 g/mol. The largest absolute Gasteiger partial charge is 0.356 e. The number of ether oxygens (including phenoxy) is 1. The number of carbonyl (C=O) groups excluding carboxylic acids is 3. The molecule has 0 bridgehead atoms. The predicted octanol–water partition coefficient (Wildman–Crippen LogP) is 2.56. The molecule has 2 aliphatic heterocycles. The van der Waals surface area contributed by atoms with Crippen LogP contribution in [0.2, 0.25) is 0 Å². The van der Waals surface area contributed by atoms with Gasteiger partial charge < -0.3 is 19.9 Å². The van der Waals surface area contributed by atoms with Crippen molar-refractivity contribution in [1.29, 1.82) is 0 Å². The van der Waals surface area contributed by atoms with Crippen LogP contribution < -0.4 is 5.32 Å². The molecule has 10 heteroatoms. The van der Waals surface area contributed by atoms with Crippen LogP contribution in [0.4, 0.5) is 5.69 Å². The van der Waals surface area contributed by atoms with Gasteiger partial charge in [-0.2, -0.15) is 5.10 Å². The third kappa shape index (κ3) is 4.64. The molecule has 184 valence electrons. The summed E-state index contributed by atoms with van der Waals surface area (Å²) in [5.74, 6) is -1.32. The number of fused-ring (bicyclic) bond motifs is 1. The highest BCUT2D eigenvalue weighted by Crippen LogP contribution is 2.30. The molecule has 4 heterocycles. The molecule has 0 spiro atoms. The van der Waals surface area contributed by atoms with Gasteiger partial charge in [-0.25, -0.2) is 4.68 Å². The van der Waals surface area contributed by atoms with Crippen molar-refractivity contribution in [2.24, 2.45) is 5.41 Å². The fourth-order valence-electron chi connectivity index (χ4n) is 4.66. The van der Waals surface area contributed by atoms with Gasteiger partial charge in [-0.15, -0.1) is 0 Å². The first kappa shape index (κ1) is 24.1. The summed E-state index contributed by atoms with van der Waals surface area (Å²) in [5.41, 5.74) is 0.601. The lowest BCUT2D eigenvalue weighted by Gasteiger charge is -2.45. The molecular formula is C24H34N6O4. The number of piperazine rings is 1. The van der Waals surface area contributed by atoms with Gasteiger partial charge in [0.1, 0.15) is 0 Å². The molecule has 34 heavy (non-hydrogen) atoms. The normalized spacial score (nSPS) is 23.7. The second-order valence-electron chi connectivity index (χ2n) is 10.4. The number of nitrogens with zero attached hydrogens (tertiary/aromatic N) is 5. The molecule has 1 unspecified atom stereocenters. The summed E-state index contributed by atoms with van der Waals surface area (Å²) < 4.78 is 7.63. The zero-order chi connectivity index (χ0) is 24.6. The van der Waals surface area contributed by atoms with Crippen molar-refractivity contribution in [1.82, 2.24) is 24.6 Å². The van der Waals surface area contributed by atoms with E-state index in [1.807, 2.05) is 34.6 Å². The minimum Gasteiger partial charge on any atom is -0.356 e. The molecule has 2 aromatic rings. The molecule has 0 aromatic carbocycles. The minimum absolute atomic E-state index is 0.0411. The van der Waals surface area contributed by atoms with Gasteiger partial charge in [-0.1, -0.05) is 20.8 Å². The van der Waals surface area contributed by atoms with Crippen LogP contribution in [0.5, 0.6) is 0 Å². The van der Waals surface area contributed by atoms with Crippen LogP contribution in [-0.2, 0) is 19.1 Å². The van der Waals surface area contributed by atoms with Crippen molar-refractivity contribution in [3.8, 4) is 0 Å². The van der Waals surface area contributed by atoms with Crippen LogP contribution in [0.15, 0.2) is 18.6 Å². The highest BCUT2D eigenvalue weighted by Gasteiger charge is 2.39. The van der Waals surface area contributed by atoms with Crippen molar-refractivity contribution in [3.05, 3.63) is 18.6 Å². The van der Waals surface area contributed by atoms with Crippen molar-refractivity contribution < 1.29 is 19.1 Å². The van der Waals surface area contributed by atoms with Gasteiger partial charge in [0.25, 0.3) is 0 Å². The molecule has 1 N–H and O–H groups in total. The van der Waals surface area contributed by atoms with Gasteiger partial charge in [-0.05, 0) is 33.1 Å². The van der Waals surface area contributed by atoms with Crippen molar-refractivity contribution in [2.45, 2.75) is 72.2 Å². The summed E-state index contributed by atoms with van der Waals surface area (Å²) >= 11 is 0. The molecule has 3 amide bonds. The maximum absolute atomic E-state index is 13.1. The quantitative estimate of drug-likeness (QED) is 0.676. The zero-order valence-corrected chi connectivity index (χ0v) is 20.6. The Morgan fingerprint density at radius 1 is 1.03 bits per heavy atom. The van der Waals surface area contributed by atoms with E-state index in [4.69, 9.17) is 4.74 Å². The van der Waals surface area contributed by atoms with Crippen LogP contribution in [0, 0.1) is 5.41 Å². The van der Waals surface area contributed by atoms with Crippen molar-refractivity contribution in [3.63, 3.8) is 0 Å². The fourth-order valence-corrected chi connectivity index (χ4v) is 4.66. The molecule has 0 aliphatic carbocycles. The first-order chi connectivity index (χ1) is 16.1. The van der Waals surface area contributed by atoms with Gasteiger partial charge in [0, 0.05) is 48.8 Å². The molecule has 10 nitrogen and oxygen atoms in total. The summed E-state index contributed by atoms with van der Waals surface area (Å²) in [5, 5.41) is 7.97. The number of anilines is 1. The third-order valence-corrected chi connectivity index (χ3v) is 6.52. The molecule has 0 radical (unpaired) electrons. The van der Waals surface area contributed by atoms with Gasteiger partial charge >= 0.3 is 11.8 Å². The minimum atomic E-state index is -0.735. The summed E-state index contributed by atoms with van der Waals surface area (Å²) in [6, 6.07) is -0.467. The highest BCUT2D eigenvalue weighted by molar-refractivity contribution is 6.40. The van der Waals surface area contributed by atoms with E-state index in [1.54, 1.807) is 26.9 Å². The SMILES string of the molecule is C[C@@H]1CN(C(=O)C(=O)Nc2cncc3cnn(C4CCCCO4)c23)[C@@H](C)CN1C(=O)C(C)(C)C. The Kier molecular flexibility index (Phi) is 6.62. The summed E-state index contributed by atoms with van der Waals surface area (Å²) in [6.07, 6.45) is 7.56. The lowest BCUT2D eigenvalue weighted by molar-refractivity contribution is -0.153. The molecule has 3 atom stereocenters. The Balaban J connectivity index is 1.51. The van der Waals surface area contributed by atoms with E-state index in [0.717, 1.165) is 24.6 Å². The van der Waals surface area contributed by atoms with Gasteiger partial charge in [0.2, 0.25) is 5.91 Å². The summed E-state index contributed by atoms with van der Waals surface area (Å²) in [7, 11) is 0. The smallest absolute Gasteiger partial charge is 0.314 e. The average Bonchev–Trinajstić information content (AvgIpc) is 3.24. The van der Waals surface area contributed by atoms with E-state index in [9.17, 15) is 14.4 Å². The van der Waals surface area contributed by atoms with E-state index in [0.29, 0.717) is 30.9 Å². The lowest BCUT2D eigenvalue weighted by Crippen LogP contribution is -2.62. The summed E-state index contributed by atoms with van der Waals surface area (Å²) in [4.78, 5) is 46.5. The number of pyridine rings is 1. The Labute approximate surface area is 199 Å². The molecule has 0 saturated carbocycles. The molecule has 2 fully saturated rings. The second kappa shape index (κ2) is 9.32. The number of hydrogen-bond donors (Lipinski definition) is 1. The number of hydrogen-bond acceptors (Lipinski definition) is 6. The first-order valence-electron chi connectivity index (χ1n) is 11.9. The number of carbonyl (C=O) groups is 3. The third-order valence-electron chi connectivity index (χ3n) is 6.52. The van der Waals surface area contributed by atoms with Crippen LogP contribution >= 0.6 is 0 Å². The van der Waals surface area contributed by atoms with Crippen molar-refractivity contribution in [2.75, 3.05) is 25.0 Å². The first-order valence-corrected chi connectivity index (χ1v) is 11.9. The Hall–Kier alpha value is -3.01. The molecule has 2 aromatic heterocycles. The maximum Gasteiger partial charge on any atom is 0.314 e. The zero-order valence-electron chi connectivity index (χ0n) is 20.6.